The van der Waals surface area contributed by atoms with Crippen molar-refractivity contribution in [1.29, 1.82) is 0 Å². The number of aryl methyl sites for hydroxylation is 1. The van der Waals surface area contributed by atoms with Crippen LogP contribution in [0.1, 0.15) is 5.56 Å². The summed E-state index contributed by atoms with van der Waals surface area (Å²) in [6.07, 6.45) is -4.84. The maximum absolute atomic E-state index is 12.4. The molecule has 1 aromatic rings. The Morgan fingerprint density at radius 2 is 1.76 bits per heavy atom. The molecule has 0 saturated heterocycles. The van der Waals surface area contributed by atoms with Gasteiger partial charge in [-0.3, -0.25) is 9.78 Å². The molecule has 13 heteroatoms. The van der Waals surface area contributed by atoms with Gasteiger partial charge < -0.3 is 29.9 Å². The summed E-state index contributed by atoms with van der Waals surface area (Å²) >= 11 is 11.9. The molecule has 0 aromatic heterocycles. The zero-order chi connectivity index (χ0) is 24.3. The first-order chi connectivity index (χ1) is 15.7. The van der Waals surface area contributed by atoms with E-state index in [-0.39, 0.29) is 18.1 Å². The summed E-state index contributed by atoms with van der Waals surface area (Å²) in [6.45, 7) is 1.76. The Bertz CT molecular complexity index is 1200. The van der Waals surface area contributed by atoms with Crippen molar-refractivity contribution < 1.29 is 20.4 Å². The molecule has 180 valence electrons. The first-order valence-corrected chi connectivity index (χ1v) is 11.3. The molecule has 33 heavy (non-hydrogen) atoms. The van der Waals surface area contributed by atoms with Gasteiger partial charge in [0.2, 0.25) is 0 Å². The molecular weight excluding hydrogens is 477 g/mol. The van der Waals surface area contributed by atoms with Crippen molar-refractivity contribution in [3.05, 3.63) is 38.5 Å². The van der Waals surface area contributed by atoms with Crippen LogP contribution in [0.25, 0.3) is 22.6 Å². The Morgan fingerprint density at radius 3 is 2.36 bits per heavy atom. The van der Waals surface area contributed by atoms with E-state index in [0.717, 1.165) is 11.3 Å². The Kier molecular flexibility index (Phi) is 8.27. The number of anilines is 1. The molecule has 5 N–H and O–H groups in total. The molecule has 3 atom stereocenters. The average Bonchev–Trinajstić information content (AvgIpc) is 2.78. The summed E-state index contributed by atoms with van der Waals surface area (Å²) in [7, 11) is 0. The summed E-state index contributed by atoms with van der Waals surface area (Å²) < 4.78 is 1.38. The van der Waals surface area contributed by atoms with Crippen LogP contribution in [0.5, 0.6) is 0 Å². The second-order valence-corrected chi connectivity index (χ2v) is 8.32. The summed E-state index contributed by atoms with van der Waals surface area (Å²) in [4.78, 5) is 36.6. The van der Waals surface area contributed by atoms with E-state index in [2.05, 4.69) is 15.0 Å². The van der Waals surface area contributed by atoms with E-state index >= 15 is 0 Å². The average molecular weight is 502 g/mol. The SMILES string of the molecule is Cc1cc2nc3c(=O)[nH]c(=O)nc-3n(CC(O)C(O)C(O)CO)c2cc1N(CCCl)CCCl. The van der Waals surface area contributed by atoms with Gasteiger partial charge >= 0.3 is 5.69 Å². The summed E-state index contributed by atoms with van der Waals surface area (Å²) in [5, 5.41) is 39.5. The van der Waals surface area contributed by atoms with E-state index in [1.54, 1.807) is 12.1 Å². The number of nitrogens with one attached hydrogen (secondary N) is 1. The number of aliphatic hydroxyl groups excluding tert-OH is 4. The van der Waals surface area contributed by atoms with E-state index in [0.29, 0.717) is 35.9 Å². The van der Waals surface area contributed by atoms with Crippen LogP contribution >= 0.6 is 23.2 Å². The zero-order valence-electron chi connectivity index (χ0n) is 17.8. The van der Waals surface area contributed by atoms with Crippen LogP contribution in [-0.4, -0.2) is 89.7 Å². The fourth-order valence-corrected chi connectivity index (χ4v) is 4.08. The first-order valence-electron chi connectivity index (χ1n) is 10.2. The van der Waals surface area contributed by atoms with Gasteiger partial charge in [-0.2, -0.15) is 4.98 Å². The highest BCUT2D eigenvalue weighted by atomic mass is 35.5. The molecule has 2 heterocycles. The van der Waals surface area contributed by atoms with Gasteiger partial charge in [0.1, 0.15) is 18.3 Å². The zero-order valence-corrected chi connectivity index (χ0v) is 19.3. The Labute approximate surface area is 198 Å². The van der Waals surface area contributed by atoms with E-state index in [1.807, 2.05) is 11.8 Å². The molecular formula is C20H25Cl2N5O6. The molecule has 0 amide bonds. The van der Waals surface area contributed by atoms with E-state index < -0.39 is 36.2 Å². The highest BCUT2D eigenvalue weighted by molar-refractivity contribution is 6.18. The van der Waals surface area contributed by atoms with Gasteiger partial charge in [-0.05, 0) is 24.6 Å². The van der Waals surface area contributed by atoms with Gasteiger partial charge in [0.05, 0.1) is 24.2 Å². The molecule has 0 fully saturated rings. The number of aromatic amines is 1. The van der Waals surface area contributed by atoms with Crippen molar-refractivity contribution in [3.63, 3.8) is 0 Å². The Hall–Kier alpha value is -2.28. The maximum Gasteiger partial charge on any atom is 0.349 e. The predicted molar refractivity (Wildman–Crippen MR) is 125 cm³/mol. The number of rotatable bonds is 10. The number of hydrogen-bond donors (Lipinski definition) is 5. The van der Waals surface area contributed by atoms with Crippen molar-refractivity contribution >= 4 is 39.9 Å². The second kappa shape index (κ2) is 10.8. The van der Waals surface area contributed by atoms with Gasteiger partial charge in [-0.25, -0.2) is 9.78 Å². The number of hydrogen-bond acceptors (Lipinski definition) is 9. The lowest BCUT2D eigenvalue weighted by Crippen LogP contribution is -2.42. The highest BCUT2D eigenvalue weighted by Gasteiger charge is 2.28. The number of benzene rings is 1. The lowest BCUT2D eigenvalue weighted by atomic mass is 10.1. The molecule has 3 rings (SSSR count). The van der Waals surface area contributed by atoms with Gasteiger partial charge in [0.15, 0.2) is 11.5 Å². The van der Waals surface area contributed by atoms with Crippen LogP contribution in [0.3, 0.4) is 0 Å². The highest BCUT2D eigenvalue weighted by Crippen LogP contribution is 2.29. The predicted octanol–water partition coefficient (Wildman–Crippen LogP) is -0.748. The minimum atomic E-state index is -1.69. The molecule has 11 nitrogen and oxygen atoms in total. The standard InChI is InChI=1S/C20H25Cl2N5O6/c1-10-6-11-13(7-12(10)26(4-2-21)5-3-22)27(8-14(29)17(31)15(30)9-28)18-16(23-11)19(32)25-20(33)24-18/h6-7,14-15,17,28-31H,2-5,8-9H2,1H3,(H,25,32,33). The van der Waals surface area contributed by atoms with E-state index in [1.165, 1.54) is 4.57 Å². The molecule has 0 bridgehead atoms. The van der Waals surface area contributed by atoms with Crippen LogP contribution in [0, 0.1) is 6.92 Å². The minimum absolute atomic E-state index is 0.1000. The van der Waals surface area contributed by atoms with E-state index in [4.69, 9.17) is 28.3 Å². The second-order valence-electron chi connectivity index (χ2n) is 7.57. The third-order valence-electron chi connectivity index (χ3n) is 5.32. The first kappa shape index (κ1) is 25.3. The number of nitrogens with zero attached hydrogens (tertiary/aromatic N) is 4. The monoisotopic (exact) mass is 501 g/mol. The number of aliphatic hydroxyl groups is 4. The molecule has 2 aliphatic rings. The summed E-state index contributed by atoms with van der Waals surface area (Å²) in [6, 6.07) is 3.50. The molecule has 2 aliphatic heterocycles. The van der Waals surface area contributed by atoms with Gasteiger partial charge in [0, 0.05) is 30.5 Å². The van der Waals surface area contributed by atoms with Crippen LogP contribution in [0.15, 0.2) is 21.7 Å². The fraction of sp³-hybridized carbons (Fsp3) is 0.500. The van der Waals surface area contributed by atoms with Crippen LogP contribution in [0.2, 0.25) is 0 Å². The summed E-state index contributed by atoms with van der Waals surface area (Å²) in [5.41, 5.74) is 0.630. The molecule has 3 unspecified atom stereocenters. The normalized spacial score (nSPS) is 14.5. The Balaban J connectivity index is 2.29. The molecule has 1 aromatic carbocycles. The third-order valence-corrected chi connectivity index (χ3v) is 5.66. The molecule has 0 radical (unpaired) electrons. The van der Waals surface area contributed by atoms with Gasteiger partial charge in [0.25, 0.3) is 5.56 Å². The minimum Gasteiger partial charge on any atom is -0.394 e. The topological polar surface area (TPSA) is 165 Å². The van der Waals surface area contributed by atoms with Crippen molar-refractivity contribution in [2.24, 2.45) is 0 Å². The Morgan fingerprint density at radius 1 is 1.09 bits per heavy atom. The number of halogens is 2. The fourth-order valence-electron chi connectivity index (χ4n) is 3.68. The largest absolute Gasteiger partial charge is 0.394 e. The quantitative estimate of drug-likeness (QED) is 0.177. The van der Waals surface area contributed by atoms with E-state index in [9.17, 15) is 24.9 Å². The van der Waals surface area contributed by atoms with Gasteiger partial charge in [-0.1, -0.05) is 0 Å². The molecule has 0 spiro atoms. The van der Waals surface area contributed by atoms with Crippen molar-refractivity contribution in [1.82, 2.24) is 19.5 Å². The van der Waals surface area contributed by atoms with Crippen molar-refractivity contribution in [3.8, 4) is 11.5 Å². The smallest absolute Gasteiger partial charge is 0.349 e. The van der Waals surface area contributed by atoms with Crippen LogP contribution < -0.4 is 16.1 Å². The van der Waals surface area contributed by atoms with Gasteiger partial charge in [-0.15, -0.1) is 23.2 Å². The lowest BCUT2D eigenvalue weighted by Gasteiger charge is -2.27. The molecule has 0 saturated carbocycles. The summed E-state index contributed by atoms with van der Waals surface area (Å²) in [5.74, 6) is 0.604. The number of fused-ring (bicyclic) bond motifs is 2. The number of aromatic nitrogens is 4. The number of alkyl halides is 2. The van der Waals surface area contributed by atoms with Crippen LogP contribution in [0.4, 0.5) is 5.69 Å². The van der Waals surface area contributed by atoms with Crippen LogP contribution in [-0.2, 0) is 6.54 Å². The third kappa shape index (κ3) is 5.29. The maximum atomic E-state index is 12.4. The lowest BCUT2D eigenvalue weighted by molar-refractivity contribution is -0.0802. The van der Waals surface area contributed by atoms with Crippen molar-refractivity contribution in [2.45, 2.75) is 31.8 Å². The van der Waals surface area contributed by atoms with Crippen molar-refractivity contribution in [2.75, 3.05) is 36.4 Å². The number of H-pyrrole nitrogens is 1. The molecule has 0 aliphatic carbocycles.